The second-order valence-electron chi connectivity index (χ2n) is 7.00. The SMILES string of the molecule is CC1=NN(c2cccc(C(=O)O)c2)C(=O)C1=Cc1ccc(-c2cccc(C(F)(F)F)c2)o1. The van der Waals surface area contributed by atoms with E-state index in [4.69, 9.17) is 9.52 Å². The van der Waals surface area contributed by atoms with Crippen molar-refractivity contribution in [2.45, 2.75) is 13.1 Å². The Hall–Kier alpha value is -4.14. The van der Waals surface area contributed by atoms with Crippen molar-refractivity contribution in [3.8, 4) is 11.3 Å². The minimum absolute atomic E-state index is 0.0114. The lowest BCUT2D eigenvalue weighted by molar-refractivity contribution is -0.137. The number of aromatic carboxylic acids is 1. The highest BCUT2D eigenvalue weighted by Gasteiger charge is 2.31. The van der Waals surface area contributed by atoms with Gasteiger partial charge in [-0.2, -0.15) is 23.3 Å². The van der Waals surface area contributed by atoms with Crippen molar-refractivity contribution >= 4 is 29.4 Å². The zero-order chi connectivity index (χ0) is 23.0. The minimum atomic E-state index is -4.47. The van der Waals surface area contributed by atoms with Gasteiger partial charge in [-0.15, -0.1) is 0 Å². The molecule has 1 aliphatic heterocycles. The fourth-order valence-electron chi connectivity index (χ4n) is 3.21. The lowest BCUT2D eigenvalue weighted by atomic mass is 10.1. The Bertz CT molecular complexity index is 1290. The quantitative estimate of drug-likeness (QED) is 0.546. The zero-order valence-corrected chi connectivity index (χ0v) is 16.6. The monoisotopic (exact) mass is 440 g/mol. The molecule has 3 aromatic rings. The van der Waals surface area contributed by atoms with E-state index in [0.29, 0.717) is 11.4 Å². The number of hydrogen-bond donors (Lipinski definition) is 1. The van der Waals surface area contributed by atoms with Gasteiger partial charge >= 0.3 is 12.1 Å². The van der Waals surface area contributed by atoms with Crippen LogP contribution in [0, 0.1) is 0 Å². The molecule has 1 amide bonds. The van der Waals surface area contributed by atoms with E-state index < -0.39 is 23.6 Å². The van der Waals surface area contributed by atoms with Gasteiger partial charge in [0.25, 0.3) is 5.91 Å². The topological polar surface area (TPSA) is 83.1 Å². The van der Waals surface area contributed by atoms with Crippen LogP contribution < -0.4 is 5.01 Å². The molecule has 0 aliphatic carbocycles. The second kappa shape index (κ2) is 7.84. The van der Waals surface area contributed by atoms with Crippen LogP contribution in [0.15, 0.2) is 75.8 Å². The second-order valence-corrected chi connectivity index (χ2v) is 7.00. The summed E-state index contributed by atoms with van der Waals surface area (Å²) in [5.41, 5.74) is 0.363. The van der Waals surface area contributed by atoms with Gasteiger partial charge in [-0.05, 0) is 55.5 Å². The molecule has 9 heteroatoms. The molecule has 0 radical (unpaired) electrons. The van der Waals surface area contributed by atoms with Gasteiger partial charge in [0.1, 0.15) is 11.5 Å². The normalized spacial score (nSPS) is 15.4. The summed E-state index contributed by atoms with van der Waals surface area (Å²) in [7, 11) is 0. The number of halogens is 3. The molecule has 1 aliphatic rings. The summed E-state index contributed by atoms with van der Waals surface area (Å²) in [6, 6.07) is 13.6. The Labute approximate surface area is 179 Å². The summed E-state index contributed by atoms with van der Waals surface area (Å²) in [4.78, 5) is 24.1. The van der Waals surface area contributed by atoms with E-state index in [1.165, 1.54) is 48.5 Å². The highest BCUT2D eigenvalue weighted by Crippen LogP contribution is 2.33. The molecule has 0 spiro atoms. The first-order chi connectivity index (χ1) is 15.1. The third-order valence-corrected chi connectivity index (χ3v) is 4.79. The number of anilines is 1. The molecule has 0 saturated carbocycles. The van der Waals surface area contributed by atoms with Crippen LogP contribution in [0.5, 0.6) is 0 Å². The Balaban J connectivity index is 1.62. The maximum absolute atomic E-state index is 13.0. The maximum atomic E-state index is 13.0. The number of furan rings is 1. The molecule has 32 heavy (non-hydrogen) atoms. The Morgan fingerprint density at radius 2 is 1.84 bits per heavy atom. The van der Waals surface area contributed by atoms with Gasteiger partial charge in [0.05, 0.1) is 28.1 Å². The van der Waals surface area contributed by atoms with Gasteiger partial charge in [0, 0.05) is 5.56 Å². The number of carbonyl (C=O) groups is 2. The Morgan fingerprint density at radius 1 is 1.09 bits per heavy atom. The van der Waals surface area contributed by atoms with Crippen LogP contribution in [0.2, 0.25) is 0 Å². The molecule has 0 fully saturated rings. The van der Waals surface area contributed by atoms with Crippen molar-refractivity contribution in [1.29, 1.82) is 0 Å². The molecule has 0 bridgehead atoms. The standard InChI is InChI=1S/C23H15F3N2O4/c1-13-19(21(29)28(27-13)17-7-3-5-15(11-17)22(30)31)12-18-8-9-20(32-18)14-4-2-6-16(10-14)23(24,25)26/h2-12H,1H3,(H,30,31). The highest BCUT2D eigenvalue weighted by molar-refractivity contribution is 6.32. The molecule has 0 unspecified atom stereocenters. The van der Waals surface area contributed by atoms with Gasteiger partial charge in [0.2, 0.25) is 0 Å². The first-order valence-corrected chi connectivity index (χ1v) is 9.36. The van der Waals surface area contributed by atoms with Crippen LogP contribution in [0.4, 0.5) is 18.9 Å². The first-order valence-electron chi connectivity index (χ1n) is 9.36. The molecule has 2 aromatic carbocycles. The highest BCUT2D eigenvalue weighted by atomic mass is 19.4. The van der Waals surface area contributed by atoms with Crippen LogP contribution in [0.3, 0.4) is 0 Å². The summed E-state index contributed by atoms with van der Waals surface area (Å²) >= 11 is 0. The van der Waals surface area contributed by atoms with E-state index in [1.807, 2.05) is 0 Å². The van der Waals surface area contributed by atoms with Gasteiger partial charge < -0.3 is 9.52 Å². The van der Waals surface area contributed by atoms with Crippen molar-refractivity contribution in [3.05, 3.63) is 83.1 Å². The van der Waals surface area contributed by atoms with Crippen LogP contribution in [-0.4, -0.2) is 22.7 Å². The number of amides is 1. The number of carboxylic acids is 1. The molecule has 2 heterocycles. The lowest BCUT2D eigenvalue weighted by Crippen LogP contribution is -2.21. The fraction of sp³-hybridized carbons (Fsp3) is 0.0870. The number of nitrogens with zero attached hydrogens (tertiary/aromatic N) is 2. The van der Waals surface area contributed by atoms with E-state index in [2.05, 4.69) is 5.10 Å². The van der Waals surface area contributed by atoms with Gasteiger partial charge in [-0.3, -0.25) is 4.79 Å². The van der Waals surface area contributed by atoms with E-state index in [-0.39, 0.29) is 28.2 Å². The number of benzene rings is 2. The third kappa shape index (κ3) is 4.04. The fourth-order valence-corrected chi connectivity index (χ4v) is 3.21. The summed E-state index contributed by atoms with van der Waals surface area (Å²) in [5, 5.41) is 14.4. The Morgan fingerprint density at radius 3 is 2.56 bits per heavy atom. The van der Waals surface area contributed by atoms with E-state index >= 15 is 0 Å². The van der Waals surface area contributed by atoms with Crippen LogP contribution in [-0.2, 0) is 11.0 Å². The summed E-state index contributed by atoms with van der Waals surface area (Å²) < 4.78 is 44.5. The smallest absolute Gasteiger partial charge is 0.416 e. The van der Waals surface area contributed by atoms with Gasteiger partial charge in [0.15, 0.2) is 0 Å². The van der Waals surface area contributed by atoms with Crippen molar-refractivity contribution in [2.75, 3.05) is 5.01 Å². The van der Waals surface area contributed by atoms with Crippen molar-refractivity contribution < 1.29 is 32.3 Å². The van der Waals surface area contributed by atoms with Crippen molar-refractivity contribution in [2.24, 2.45) is 5.10 Å². The summed E-state index contributed by atoms with van der Waals surface area (Å²) in [6.07, 6.45) is -3.03. The van der Waals surface area contributed by atoms with E-state index in [9.17, 15) is 22.8 Å². The number of carboxylic acid groups (broad SMARTS) is 1. The molecular formula is C23H15F3N2O4. The largest absolute Gasteiger partial charge is 0.478 e. The first kappa shape index (κ1) is 21.1. The molecule has 162 valence electrons. The average Bonchev–Trinajstić information content (AvgIpc) is 3.34. The molecular weight excluding hydrogens is 425 g/mol. The maximum Gasteiger partial charge on any atom is 0.416 e. The third-order valence-electron chi connectivity index (χ3n) is 4.79. The zero-order valence-electron chi connectivity index (χ0n) is 16.6. The number of rotatable bonds is 4. The van der Waals surface area contributed by atoms with Crippen LogP contribution in [0.1, 0.15) is 28.6 Å². The molecule has 4 rings (SSSR count). The molecule has 1 N–H and O–H groups in total. The Kier molecular flexibility index (Phi) is 5.17. The summed E-state index contributed by atoms with van der Waals surface area (Å²) in [6.45, 7) is 1.61. The predicted octanol–water partition coefficient (Wildman–Crippen LogP) is 5.47. The summed E-state index contributed by atoms with van der Waals surface area (Å²) in [5.74, 6) is -1.14. The van der Waals surface area contributed by atoms with E-state index in [1.54, 1.807) is 13.0 Å². The number of alkyl halides is 3. The van der Waals surface area contributed by atoms with E-state index in [0.717, 1.165) is 17.1 Å². The van der Waals surface area contributed by atoms with Crippen molar-refractivity contribution in [3.63, 3.8) is 0 Å². The van der Waals surface area contributed by atoms with Crippen LogP contribution >= 0.6 is 0 Å². The lowest BCUT2D eigenvalue weighted by Gasteiger charge is -2.12. The number of hydrazone groups is 1. The van der Waals surface area contributed by atoms with Crippen LogP contribution in [0.25, 0.3) is 17.4 Å². The van der Waals surface area contributed by atoms with Gasteiger partial charge in [-0.1, -0.05) is 18.2 Å². The molecule has 0 saturated heterocycles. The predicted molar refractivity (Wildman–Crippen MR) is 111 cm³/mol. The molecule has 0 atom stereocenters. The average molecular weight is 440 g/mol. The molecule has 1 aromatic heterocycles. The molecule has 6 nitrogen and oxygen atoms in total. The number of hydrogen-bond acceptors (Lipinski definition) is 4. The van der Waals surface area contributed by atoms with Crippen molar-refractivity contribution in [1.82, 2.24) is 0 Å². The number of carbonyl (C=O) groups excluding carboxylic acids is 1. The minimum Gasteiger partial charge on any atom is -0.478 e. The van der Waals surface area contributed by atoms with Gasteiger partial charge in [-0.25, -0.2) is 4.79 Å².